The first-order valence-corrected chi connectivity index (χ1v) is 6.86. The first kappa shape index (κ1) is 14.5. The minimum absolute atomic E-state index is 0.296. The maximum Gasteiger partial charge on any atom is 0.165 e. The van der Waals surface area contributed by atoms with Crippen molar-refractivity contribution < 1.29 is 9.13 Å². The Balaban J connectivity index is 1.99. The van der Waals surface area contributed by atoms with Gasteiger partial charge in [0.1, 0.15) is 6.61 Å². The molecular formula is C17H20FNO. The number of hydrogen-bond donors (Lipinski definition) is 1. The lowest BCUT2D eigenvalue weighted by Crippen LogP contribution is -2.05. The summed E-state index contributed by atoms with van der Waals surface area (Å²) in [6.45, 7) is 3.15. The van der Waals surface area contributed by atoms with E-state index in [0.29, 0.717) is 18.9 Å². The summed E-state index contributed by atoms with van der Waals surface area (Å²) in [5, 5.41) is 2.99. The monoisotopic (exact) mass is 273 g/mol. The molecule has 0 spiro atoms. The maximum atomic E-state index is 13.8. The van der Waals surface area contributed by atoms with E-state index in [-0.39, 0.29) is 5.82 Å². The van der Waals surface area contributed by atoms with E-state index in [9.17, 15) is 4.39 Å². The molecule has 3 heteroatoms. The highest BCUT2D eigenvalue weighted by Gasteiger charge is 2.05. The van der Waals surface area contributed by atoms with Gasteiger partial charge in [0.25, 0.3) is 0 Å². The van der Waals surface area contributed by atoms with E-state index < -0.39 is 0 Å². The van der Waals surface area contributed by atoms with Crippen LogP contribution in [-0.4, -0.2) is 7.05 Å². The summed E-state index contributed by atoms with van der Waals surface area (Å²) < 4.78 is 19.4. The van der Waals surface area contributed by atoms with E-state index in [1.165, 1.54) is 11.6 Å². The molecule has 0 radical (unpaired) electrons. The molecule has 0 unspecified atom stereocenters. The lowest BCUT2D eigenvalue weighted by Gasteiger charge is -2.09. The van der Waals surface area contributed by atoms with Crippen LogP contribution in [0.3, 0.4) is 0 Å². The number of rotatable bonds is 6. The van der Waals surface area contributed by atoms with Gasteiger partial charge in [0.05, 0.1) is 0 Å². The average molecular weight is 273 g/mol. The maximum absolute atomic E-state index is 13.8. The predicted molar refractivity (Wildman–Crippen MR) is 79.3 cm³/mol. The van der Waals surface area contributed by atoms with Gasteiger partial charge in [-0.25, -0.2) is 4.39 Å². The molecule has 0 aliphatic carbocycles. The second-order valence-electron chi connectivity index (χ2n) is 4.75. The van der Waals surface area contributed by atoms with Gasteiger partial charge in [0, 0.05) is 6.54 Å². The highest BCUT2D eigenvalue weighted by atomic mass is 19.1. The highest BCUT2D eigenvalue weighted by Crippen LogP contribution is 2.19. The van der Waals surface area contributed by atoms with E-state index in [4.69, 9.17) is 4.74 Å². The molecule has 0 bridgehead atoms. The Labute approximate surface area is 119 Å². The van der Waals surface area contributed by atoms with Crippen molar-refractivity contribution in [3.63, 3.8) is 0 Å². The number of halogens is 1. The first-order valence-electron chi connectivity index (χ1n) is 6.86. The van der Waals surface area contributed by atoms with E-state index in [0.717, 1.165) is 17.5 Å². The molecule has 0 amide bonds. The zero-order valence-corrected chi connectivity index (χ0v) is 11.9. The number of benzene rings is 2. The van der Waals surface area contributed by atoms with Crippen LogP contribution in [0.25, 0.3) is 0 Å². The van der Waals surface area contributed by atoms with Crippen LogP contribution in [-0.2, 0) is 19.6 Å². The van der Waals surface area contributed by atoms with Crippen molar-refractivity contribution >= 4 is 0 Å². The number of hydrogen-bond acceptors (Lipinski definition) is 2. The van der Waals surface area contributed by atoms with E-state index in [1.807, 2.05) is 25.2 Å². The van der Waals surface area contributed by atoms with Gasteiger partial charge in [-0.3, -0.25) is 0 Å². The van der Waals surface area contributed by atoms with E-state index in [2.05, 4.69) is 24.4 Å². The average Bonchev–Trinajstić information content (AvgIpc) is 2.47. The second-order valence-corrected chi connectivity index (χ2v) is 4.75. The molecule has 2 aromatic rings. The normalized spacial score (nSPS) is 10.6. The quantitative estimate of drug-likeness (QED) is 0.866. The summed E-state index contributed by atoms with van der Waals surface area (Å²) >= 11 is 0. The number of ether oxygens (including phenoxy) is 1. The van der Waals surface area contributed by atoms with E-state index >= 15 is 0 Å². The third-order valence-corrected chi connectivity index (χ3v) is 3.20. The van der Waals surface area contributed by atoms with Crippen molar-refractivity contribution in [2.45, 2.75) is 26.5 Å². The molecule has 0 fully saturated rings. The van der Waals surface area contributed by atoms with Crippen molar-refractivity contribution in [2.75, 3.05) is 7.05 Å². The van der Waals surface area contributed by atoms with Gasteiger partial charge in [0.2, 0.25) is 0 Å². The molecule has 106 valence electrons. The number of aryl methyl sites for hydroxylation is 1. The van der Waals surface area contributed by atoms with Gasteiger partial charge < -0.3 is 10.1 Å². The zero-order chi connectivity index (χ0) is 14.4. The molecule has 20 heavy (non-hydrogen) atoms. The van der Waals surface area contributed by atoms with Gasteiger partial charge in [-0.1, -0.05) is 37.3 Å². The van der Waals surface area contributed by atoms with Crippen molar-refractivity contribution in [3.8, 4) is 5.75 Å². The molecule has 0 aliphatic rings. The Morgan fingerprint density at radius 1 is 1.00 bits per heavy atom. The molecule has 0 heterocycles. The van der Waals surface area contributed by atoms with Crippen molar-refractivity contribution in [3.05, 3.63) is 65.0 Å². The Kier molecular flexibility index (Phi) is 5.13. The molecule has 2 nitrogen and oxygen atoms in total. The summed E-state index contributed by atoms with van der Waals surface area (Å²) in [5.41, 5.74) is 3.24. The molecule has 0 saturated carbocycles. The summed E-state index contributed by atoms with van der Waals surface area (Å²) in [5.74, 6) is -0.0210. The summed E-state index contributed by atoms with van der Waals surface area (Å²) in [4.78, 5) is 0. The van der Waals surface area contributed by atoms with Crippen LogP contribution in [0, 0.1) is 5.82 Å². The van der Waals surface area contributed by atoms with Crippen LogP contribution in [0.15, 0.2) is 42.5 Å². The Bertz CT molecular complexity index is 551. The van der Waals surface area contributed by atoms with E-state index in [1.54, 1.807) is 6.07 Å². The third kappa shape index (κ3) is 3.81. The van der Waals surface area contributed by atoms with Crippen LogP contribution < -0.4 is 10.1 Å². The fourth-order valence-corrected chi connectivity index (χ4v) is 2.01. The van der Waals surface area contributed by atoms with Gasteiger partial charge in [-0.15, -0.1) is 0 Å². The lowest BCUT2D eigenvalue weighted by molar-refractivity contribution is 0.290. The summed E-state index contributed by atoms with van der Waals surface area (Å²) in [6.07, 6.45) is 1.02. The van der Waals surface area contributed by atoms with Crippen LogP contribution in [0.2, 0.25) is 0 Å². The van der Waals surface area contributed by atoms with Gasteiger partial charge in [0.15, 0.2) is 11.6 Å². The van der Waals surface area contributed by atoms with Gasteiger partial charge in [-0.2, -0.15) is 0 Å². The Hall–Kier alpha value is -1.87. The predicted octanol–water partition coefficient (Wildman–Crippen LogP) is 3.69. The van der Waals surface area contributed by atoms with Gasteiger partial charge >= 0.3 is 0 Å². The minimum atomic E-state index is -0.317. The Morgan fingerprint density at radius 3 is 2.25 bits per heavy atom. The topological polar surface area (TPSA) is 21.3 Å². The molecular weight excluding hydrogens is 253 g/mol. The SMILES string of the molecule is CCc1ccc(COc2ccc(CNC)cc2F)cc1. The Morgan fingerprint density at radius 2 is 1.65 bits per heavy atom. The molecule has 0 aromatic heterocycles. The largest absolute Gasteiger partial charge is 0.486 e. The van der Waals surface area contributed by atoms with Crippen LogP contribution in [0.1, 0.15) is 23.6 Å². The fraction of sp³-hybridized carbons (Fsp3) is 0.294. The lowest BCUT2D eigenvalue weighted by atomic mass is 10.1. The molecule has 2 rings (SSSR count). The van der Waals surface area contributed by atoms with Crippen LogP contribution >= 0.6 is 0 Å². The molecule has 2 aromatic carbocycles. The first-order chi connectivity index (χ1) is 9.72. The standard InChI is InChI=1S/C17H20FNO/c1-3-13-4-6-14(7-5-13)12-20-17-9-8-15(11-19-2)10-16(17)18/h4-10,19H,3,11-12H2,1-2H3. The second kappa shape index (κ2) is 7.06. The van der Waals surface area contributed by atoms with Crippen LogP contribution in [0.5, 0.6) is 5.75 Å². The smallest absolute Gasteiger partial charge is 0.165 e. The highest BCUT2D eigenvalue weighted by molar-refractivity contribution is 5.30. The molecule has 0 atom stereocenters. The van der Waals surface area contributed by atoms with Crippen molar-refractivity contribution in [1.82, 2.24) is 5.32 Å². The summed E-state index contributed by atoms with van der Waals surface area (Å²) in [6, 6.07) is 13.2. The van der Waals surface area contributed by atoms with Crippen molar-refractivity contribution in [1.29, 1.82) is 0 Å². The number of nitrogens with one attached hydrogen (secondary N) is 1. The fourth-order valence-electron chi connectivity index (χ4n) is 2.01. The summed E-state index contributed by atoms with van der Waals surface area (Å²) in [7, 11) is 1.84. The van der Waals surface area contributed by atoms with Crippen molar-refractivity contribution in [2.24, 2.45) is 0 Å². The molecule has 0 aliphatic heterocycles. The van der Waals surface area contributed by atoms with Crippen LogP contribution in [0.4, 0.5) is 4.39 Å². The minimum Gasteiger partial charge on any atom is -0.486 e. The molecule has 1 N–H and O–H groups in total. The third-order valence-electron chi connectivity index (χ3n) is 3.20. The zero-order valence-electron chi connectivity index (χ0n) is 11.9. The van der Waals surface area contributed by atoms with Gasteiger partial charge in [-0.05, 0) is 42.3 Å². The molecule has 0 saturated heterocycles.